The van der Waals surface area contributed by atoms with Crippen LogP contribution in [0.15, 0.2) is 53.4 Å². The van der Waals surface area contributed by atoms with Crippen LogP contribution in [-0.4, -0.2) is 38.0 Å². The number of hydrogen-bond donors (Lipinski definition) is 1. The molecule has 0 saturated carbocycles. The lowest BCUT2D eigenvalue weighted by atomic mass is 10.2. The molecular formula is C19H21FN2O2S. The lowest BCUT2D eigenvalue weighted by Gasteiger charge is -2.18. The zero-order valence-electron chi connectivity index (χ0n) is 14.1. The largest absolute Gasteiger partial charge is 0.380 e. The van der Waals surface area contributed by atoms with E-state index in [2.05, 4.69) is 10.2 Å². The van der Waals surface area contributed by atoms with Gasteiger partial charge in [0.2, 0.25) is 5.91 Å². The number of methoxy groups -OCH3 is 1. The van der Waals surface area contributed by atoms with Crippen molar-refractivity contribution < 1.29 is 13.9 Å². The molecule has 1 aliphatic rings. The van der Waals surface area contributed by atoms with Crippen molar-refractivity contribution in [2.75, 3.05) is 36.2 Å². The summed E-state index contributed by atoms with van der Waals surface area (Å²) in [4.78, 5) is 15.2. The Hall–Kier alpha value is -2.05. The van der Waals surface area contributed by atoms with Crippen LogP contribution in [0.1, 0.15) is 6.42 Å². The van der Waals surface area contributed by atoms with Crippen molar-refractivity contribution in [2.24, 2.45) is 0 Å². The van der Waals surface area contributed by atoms with Gasteiger partial charge in [0.25, 0.3) is 0 Å². The molecule has 0 spiro atoms. The molecule has 0 aromatic heterocycles. The fourth-order valence-electron chi connectivity index (χ4n) is 2.79. The summed E-state index contributed by atoms with van der Waals surface area (Å²) >= 11 is 1.38. The van der Waals surface area contributed by atoms with E-state index in [9.17, 15) is 9.18 Å². The van der Waals surface area contributed by atoms with E-state index in [4.69, 9.17) is 4.74 Å². The highest BCUT2D eigenvalue weighted by Gasteiger charge is 2.22. The average Bonchev–Trinajstić information content (AvgIpc) is 3.11. The molecular weight excluding hydrogens is 339 g/mol. The molecule has 3 rings (SSSR count). The van der Waals surface area contributed by atoms with Gasteiger partial charge in [0.05, 0.1) is 11.9 Å². The van der Waals surface area contributed by atoms with Gasteiger partial charge < -0.3 is 15.0 Å². The summed E-state index contributed by atoms with van der Waals surface area (Å²) in [5, 5.41) is 2.88. The molecule has 2 aromatic carbocycles. The minimum Gasteiger partial charge on any atom is -0.380 e. The number of ether oxygens (including phenoxy) is 1. The Kier molecular flexibility index (Phi) is 5.94. The number of thioether (sulfide) groups is 1. The van der Waals surface area contributed by atoms with Crippen LogP contribution in [0, 0.1) is 5.82 Å². The second-order valence-electron chi connectivity index (χ2n) is 5.93. The van der Waals surface area contributed by atoms with E-state index >= 15 is 0 Å². The van der Waals surface area contributed by atoms with Crippen molar-refractivity contribution in [2.45, 2.75) is 17.4 Å². The Morgan fingerprint density at radius 3 is 2.60 bits per heavy atom. The number of benzene rings is 2. The second kappa shape index (κ2) is 8.36. The van der Waals surface area contributed by atoms with E-state index in [1.807, 2.05) is 24.3 Å². The van der Waals surface area contributed by atoms with Crippen molar-refractivity contribution >= 4 is 29.0 Å². The van der Waals surface area contributed by atoms with Gasteiger partial charge in [-0.1, -0.05) is 0 Å². The Balaban J connectivity index is 1.49. The molecule has 0 bridgehead atoms. The van der Waals surface area contributed by atoms with Crippen LogP contribution >= 0.6 is 11.8 Å². The fraction of sp³-hybridized carbons (Fsp3) is 0.316. The van der Waals surface area contributed by atoms with E-state index < -0.39 is 0 Å². The highest BCUT2D eigenvalue weighted by molar-refractivity contribution is 8.00. The molecule has 1 heterocycles. The number of anilines is 2. The van der Waals surface area contributed by atoms with Gasteiger partial charge in [-0.3, -0.25) is 4.79 Å². The van der Waals surface area contributed by atoms with Crippen LogP contribution in [-0.2, 0) is 9.53 Å². The highest BCUT2D eigenvalue weighted by atomic mass is 32.2. The number of amides is 1. The van der Waals surface area contributed by atoms with Crippen LogP contribution in [0.4, 0.5) is 15.8 Å². The van der Waals surface area contributed by atoms with E-state index in [-0.39, 0.29) is 17.5 Å². The lowest BCUT2D eigenvalue weighted by molar-refractivity contribution is -0.113. The predicted octanol–water partition coefficient (Wildman–Crippen LogP) is 3.78. The van der Waals surface area contributed by atoms with Crippen molar-refractivity contribution in [3.63, 3.8) is 0 Å². The minimum absolute atomic E-state index is 0.0808. The maximum absolute atomic E-state index is 12.9. The van der Waals surface area contributed by atoms with E-state index in [0.717, 1.165) is 35.8 Å². The van der Waals surface area contributed by atoms with Gasteiger partial charge >= 0.3 is 0 Å². The van der Waals surface area contributed by atoms with Crippen LogP contribution in [0.3, 0.4) is 0 Å². The number of carbonyl (C=O) groups excluding carboxylic acids is 1. The molecule has 1 fully saturated rings. The molecule has 1 aliphatic heterocycles. The number of carbonyl (C=O) groups is 1. The fourth-order valence-corrected chi connectivity index (χ4v) is 3.49. The average molecular weight is 360 g/mol. The summed E-state index contributed by atoms with van der Waals surface area (Å²) in [5.41, 5.74) is 1.91. The summed E-state index contributed by atoms with van der Waals surface area (Å²) in [6.07, 6.45) is 1.33. The van der Waals surface area contributed by atoms with Crippen molar-refractivity contribution in [1.82, 2.24) is 0 Å². The number of rotatable bonds is 6. The number of hydrogen-bond acceptors (Lipinski definition) is 4. The molecule has 2 aromatic rings. The molecule has 6 heteroatoms. The van der Waals surface area contributed by atoms with E-state index in [1.54, 1.807) is 19.2 Å². The first kappa shape index (κ1) is 17.8. The van der Waals surface area contributed by atoms with E-state index in [1.165, 1.54) is 23.9 Å². The van der Waals surface area contributed by atoms with E-state index in [0.29, 0.717) is 6.10 Å². The molecule has 4 nitrogen and oxygen atoms in total. The Morgan fingerprint density at radius 1 is 1.24 bits per heavy atom. The molecule has 0 aliphatic carbocycles. The molecule has 132 valence electrons. The monoisotopic (exact) mass is 360 g/mol. The number of nitrogens with zero attached hydrogens (tertiary/aromatic N) is 1. The summed E-state index contributed by atoms with van der Waals surface area (Å²) in [5.74, 6) is -0.0684. The van der Waals surface area contributed by atoms with Crippen molar-refractivity contribution in [3.8, 4) is 0 Å². The summed E-state index contributed by atoms with van der Waals surface area (Å²) in [6.45, 7) is 1.88. The Bertz CT molecular complexity index is 706. The molecule has 0 radical (unpaired) electrons. The topological polar surface area (TPSA) is 41.6 Å². The Labute approximate surface area is 151 Å². The smallest absolute Gasteiger partial charge is 0.234 e. The lowest BCUT2D eigenvalue weighted by Crippen LogP contribution is -2.22. The molecule has 1 atom stereocenters. The van der Waals surface area contributed by atoms with Crippen LogP contribution in [0.5, 0.6) is 0 Å². The van der Waals surface area contributed by atoms with Gasteiger partial charge in [-0.05, 0) is 55.0 Å². The van der Waals surface area contributed by atoms with Crippen molar-refractivity contribution in [3.05, 3.63) is 54.3 Å². The maximum Gasteiger partial charge on any atom is 0.234 e. The predicted molar refractivity (Wildman–Crippen MR) is 99.8 cm³/mol. The summed E-state index contributed by atoms with van der Waals surface area (Å²) in [7, 11) is 1.75. The van der Waals surface area contributed by atoms with Gasteiger partial charge in [-0.25, -0.2) is 4.39 Å². The molecule has 1 N–H and O–H groups in total. The van der Waals surface area contributed by atoms with Crippen molar-refractivity contribution in [1.29, 1.82) is 0 Å². The van der Waals surface area contributed by atoms with Gasteiger partial charge in [-0.2, -0.15) is 0 Å². The highest BCUT2D eigenvalue weighted by Crippen LogP contribution is 2.24. The van der Waals surface area contributed by atoms with Crippen LogP contribution in [0.25, 0.3) is 0 Å². The first-order chi connectivity index (χ1) is 12.1. The molecule has 1 saturated heterocycles. The quantitative estimate of drug-likeness (QED) is 0.796. The third kappa shape index (κ3) is 4.96. The van der Waals surface area contributed by atoms with Crippen LogP contribution < -0.4 is 10.2 Å². The zero-order chi connectivity index (χ0) is 17.6. The Morgan fingerprint density at radius 2 is 1.96 bits per heavy atom. The molecule has 0 unspecified atom stereocenters. The number of nitrogens with one attached hydrogen (secondary N) is 1. The number of halogens is 1. The third-order valence-corrected chi connectivity index (χ3v) is 5.19. The van der Waals surface area contributed by atoms with Gasteiger partial charge in [-0.15, -0.1) is 11.8 Å². The second-order valence-corrected chi connectivity index (χ2v) is 6.98. The summed E-state index contributed by atoms with van der Waals surface area (Å²) < 4.78 is 18.2. The van der Waals surface area contributed by atoms with Gasteiger partial charge in [0.15, 0.2) is 0 Å². The van der Waals surface area contributed by atoms with Gasteiger partial charge in [0, 0.05) is 36.5 Å². The zero-order valence-corrected chi connectivity index (χ0v) is 14.9. The minimum atomic E-state index is -0.274. The standard InChI is InChI=1S/C19H21FN2O2S/c1-24-17-10-11-22(12-17)16-6-4-15(5-7-16)21-19(23)13-25-18-8-2-14(20)3-9-18/h2-9,17H,10-13H2,1H3,(H,21,23)/t17-/m0/s1. The maximum atomic E-state index is 12.9. The molecule has 25 heavy (non-hydrogen) atoms. The SMILES string of the molecule is CO[C@H]1CCN(c2ccc(NC(=O)CSc3ccc(F)cc3)cc2)C1. The van der Waals surface area contributed by atoms with Gasteiger partial charge in [0.1, 0.15) is 5.82 Å². The van der Waals surface area contributed by atoms with Crippen LogP contribution in [0.2, 0.25) is 0 Å². The normalized spacial score (nSPS) is 16.9. The third-order valence-electron chi connectivity index (χ3n) is 4.18. The molecule has 1 amide bonds. The first-order valence-electron chi connectivity index (χ1n) is 8.20. The summed E-state index contributed by atoms with van der Waals surface area (Å²) in [6, 6.07) is 14.0. The first-order valence-corrected chi connectivity index (χ1v) is 9.18.